The first-order chi connectivity index (χ1) is 9.91. The molecule has 1 rings (SSSR count). The third-order valence-corrected chi connectivity index (χ3v) is 5.32. The van der Waals surface area contributed by atoms with Gasteiger partial charge in [-0.2, -0.15) is 0 Å². The molecule has 1 aromatic heterocycles. The van der Waals surface area contributed by atoms with Gasteiger partial charge >= 0.3 is 0 Å². The fourth-order valence-electron chi connectivity index (χ4n) is 2.01. The summed E-state index contributed by atoms with van der Waals surface area (Å²) in [5, 5.41) is 3.24. The molecule has 1 unspecified atom stereocenters. The van der Waals surface area contributed by atoms with Gasteiger partial charge in [0.2, 0.25) is 10.0 Å². The van der Waals surface area contributed by atoms with Crippen LogP contribution in [0, 0.1) is 5.92 Å². The van der Waals surface area contributed by atoms with E-state index in [1.54, 1.807) is 12.1 Å². The monoisotopic (exact) mass is 333 g/mol. The molecule has 0 saturated carbocycles. The summed E-state index contributed by atoms with van der Waals surface area (Å²) in [6.07, 6.45) is 4.59. The molecule has 0 bridgehead atoms. The lowest BCUT2D eigenvalue weighted by molar-refractivity contribution is 0.489. The lowest BCUT2D eigenvalue weighted by atomic mass is 10.0. The summed E-state index contributed by atoms with van der Waals surface area (Å²) in [4.78, 5) is 4.37. The van der Waals surface area contributed by atoms with Crippen LogP contribution in [0.2, 0.25) is 0 Å². The largest absolute Gasteiger partial charge is 0.370 e. The minimum absolute atomic E-state index is 0.198. The Balaban J connectivity index is 2.67. The predicted molar refractivity (Wildman–Crippen MR) is 87.3 cm³/mol. The van der Waals surface area contributed by atoms with E-state index in [1.165, 1.54) is 24.6 Å². The quantitative estimate of drug-likeness (QED) is 0.706. The second-order valence-corrected chi connectivity index (χ2v) is 7.71. The normalized spacial score (nSPS) is 13.4. The maximum atomic E-state index is 11.9. The fourth-order valence-corrected chi connectivity index (χ4v) is 3.16. The van der Waals surface area contributed by atoms with Crippen molar-refractivity contribution in [1.29, 1.82) is 0 Å². The number of sulfonamides is 1. The second-order valence-electron chi connectivity index (χ2n) is 5.18. The maximum Gasteiger partial charge on any atom is 0.244 e. The zero-order chi connectivity index (χ0) is 15.9. The van der Waals surface area contributed by atoms with E-state index >= 15 is 0 Å². The molecule has 1 heterocycles. The van der Waals surface area contributed by atoms with Gasteiger partial charge in [0.25, 0.3) is 0 Å². The van der Waals surface area contributed by atoms with Gasteiger partial charge < -0.3 is 5.32 Å². The highest BCUT2D eigenvalue weighted by Gasteiger charge is 2.17. The number of hydrogen-bond donors (Lipinski definition) is 1. The Kier molecular flexibility index (Phi) is 7.42. The van der Waals surface area contributed by atoms with E-state index in [0.29, 0.717) is 17.6 Å². The van der Waals surface area contributed by atoms with E-state index in [-0.39, 0.29) is 4.90 Å². The van der Waals surface area contributed by atoms with Gasteiger partial charge in [0.05, 0.1) is 0 Å². The van der Waals surface area contributed by atoms with Crippen molar-refractivity contribution in [3.8, 4) is 0 Å². The van der Waals surface area contributed by atoms with Crippen molar-refractivity contribution in [1.82, 2.24) is 9.29 Å². The highest BCUT2D eigenvalue weighted by molar-refractivity contribution is 7.89. The van der Waals surface area contributed by atoms with Gasteiger partial charge in [-0.3, -0.25) is 0 Å². The summed E-state index contributed by atoms with van der Waals surface area (Å²) in [6, 6.07) is 3.27. The first-order valence-corrected chi connectivity index (χ1v) is 9.07. The molecule has 1 N–H and O–H groups in total. The topological polar surface area (TPSA) is 62.3 Å². The third kappa shape index (κ3) is 5.45. The lowest BCUT2D eigenvalue weighted by Gasteiger charge is -2.16. The number of hydrogen-bond acceptors (Lipinski definition) is 4. The summed E-state index contributed by atoms with van der Waals surface area (Å²) in [6.45, 7) is 2.95. The molecular formula is C14H24ClN3O2S. The molecule has 0 amide bonds. The summed E-state index contributed by atoms with van der Waals surface area (Å²) in [5.74, 6) is 1.85. The molecule has 1 aromatic rings. The van der Waals surface area contributed by atoms with E-state index in [2.05, 4.69) is 17.2 Å². The Morgan fingerprint density at radius 1 is 1.33 bits per heavy atom. The number of alkyl halides is 1. The molecule has 0 radical (unpaired) electrons. The van der Waals surface area contributed by atoms with Gasteiger partial charge in [-0.05, 0) is 30.9 Å². The van der Waals surface area contributed by atoms with Crippen LogP contribution >= 0.6 is 11.6 Å². The van der Waals surface area contributed by atoms with Crippen LogP contribution in [0.1, 0.15) is 26.2 Å². The van der Waals surface area contributed by atoms with Crippen LogP contribution < -0.4 is 5.32 Å². The van der Waals surface area contributed by atoms with E-state index < -0.39 is 10.0 Å². The van der Waals surface area contributed by atoms with Crippen LogP contribution in [0.3, 0.4) is 0 Å². The van der Waals surface area contributed by atoms with Crippen molar-refractivity contribution in [2.75, 3.05) is 31.8 Å². The summed E-state index contributed by atoms with van der Waals surface area (Å²) in [7, 11) is -0.411. The SMILES string of the molecule is CCCC(CCCl)CNc1ccc(S(=O)(=O)N(C)C)cn1. The smallest absolute Gasteiger partial charge is 0.244 e. The first-order valence-electron chi connectivity index (χ1n) is 7.10. The molecule has 21 heavy (non-hydrogen) atoms. The fraction of sp³-hybridized carbons (Fsp3) is 0.643. The van der Waals surface area contributed by atoms with Crippen LogP contribution in [0.25, 0.3) is 0 Å². The summed E-state index contributed by atoms with van der Waals surface area (Å²) in [5.41, 5.74) is 0. The number of anilines is 1. The first kappa shape index (κ1) is 18.2. The van der Waals surface area contributed by atoms with E-state index in [4.69, 9.17) is 11.6 Å². The van der Waals surface area contributed by atoms with Crippen molar-refractivity contribution >= 4 is 27.4 Å². The Morgan fingerprint density at radius 2 is 2.05 bits per heavy atom. The molecule has 1 atom stereocenters. The average molecular weight is 334 g/mol. The highest BCUT2D eigenvalue weighted by Crippen LogP contribution is 2.16. The van der Waals surface area contributed by atoms with Crippen LogP contribution in [-0.4, -0.2) is 44.2 Å². The van der Waals surface area contributed by atoms with Crippen molar-refractivity contribution < 1.29 is 8.42 Å². The molecule has 0 fully saturated rings. The number of rotatable bonds is 9. The summed E-state index contributed by atoms with van der Waals surface area (Å²) < 4.78 is 25.0. The number of pyridine rings is 1. The average Bonchev–Trinajstić information content (AvgIpc) is 2.45. The van der Waals surface area contributed by atoms with Crippen LogP contribution in [-0.2, 0) is 10.0 Å². The predicted octanol–water partition coefficient (Wildman–Crippen LogP) is 2.79. The molecule has 5 nitrogen and oxygen atoms in total. The Hall–Kier alpha value is -0.850. The Morgan fingerprint density at radius 3 is 2.52 bits per heavy atom. The number of nitrogens with one attached hydrogen (secondary N) is 1. The lowest BCUT2D eigenvalue weighted by Crippen LogP contribution is -2.22. The molecule has 7 heteroatoms. The second kappa shape index (κ2) is 8.56. The van der Waals surface area contributed by atoms with Crippen LogP contribution in [0.5, 0.6) is 0 Å². The Labute approximate surface area is 132 Å². The zero-order valence-corrected chi connectivity index (χ0v) is 14.4. The number of nitrogens with zero attached hydrogens (tertiary/aromatic N) is 2. The van der Waals surface area contributed by atoms with Crippen molar-refractivity contribution in [2.24, 2.45) is 5.92 Å². The van der Waals surface area contributed by atoms with E-state index in [0.717, 1.165) is 25.8 Å². The highest BCUT2D eigenvalue weighted by atomic mass is 35.5. The molecule has 0 aliphatic rings. The maximum absolute atomic E-state index is 11.9. The molecule has 0 aromatic carbocycles. The van der Waals surface area contributed by atoms with Crippen LogP contribution in [0.15, 0.2) is 23.2 Å². The van der Waals surface area contributed by atoms with E-state index in [9.17, 15) is 8.42 Å². The van der Waals surface area contributed by atoms with Gasteiger partial charge in [0.15, 0.2) is 0 Å². The van der Waals surface area contributed by atoms with E-state index in [1.807, 2.05) is 0 Å². The van der Waals surface area contributed by atoms with Crippen molar-refractivity contribution in [2.45, 2.75) is 31.1 Å². The molecule has 0 aliphatic heterocycles. The molecule has 0 spiro atoms. The molecule has 0 saturated heterocycles. The third-order valence-electron chi connectivity index (χ3n) is 3.30. The standard InChI is InChI=1S/C14H24ClN3O2S/c1-4-5-12(8-9-15)10-16-14-7-6-13(11-17-14)21(19,20)18(2)3/h6-7,11-12H,4-5,8-10H2,1-3H3,(H,16,17). The van der Waals surface area contributed by atoms with Gasteiger partial charge in [0, 0.05) is 32.7 Å². The van der Waals surface area contributed by atoms with Gasteiger partial charge in [-0.15, -0.1) is 11.6 Å². The van der Waals surface area contributed by atoms with Gasteiger partial charge in [-0.1, -0.05) is 13.3 Å². The molecule has 120 valence electrons. The minimum atomic E-state index is -3.42. The number of aromatic nitrogens is 1. The van der Waals surface area contributed by atoms with Crippen molar-refractivity contribution in [3.63, 3.8) is 0 Å². The minimum Gasteiger partial charge on any atom is -0.370 e. The zero-order valence-electron chi connectivity index (χ0n) is 12.8. The molecule has 0 aliphatic carbocycles. The molecular weight excluding hydrogens is 310 g/mol. The van der Waals surface area contributed by atoms with Crippen molar-refractivity contribution in [3.05, 3.63) is 18.3 Å². The van der Waals surface area contributed by atoms with Crippen LogP contribution in [0.4, 0.5) is 5.82 Å². The Bertz CT molecular complexity index is 512. The summed E-state index contributed by atoms with van der Waals surface area (Å²) >= 11 is 5.80. The van der Waals surface area contributed by atoms with Gasteiger partial charge in [0.1, 0.15) is 10.7 Å². The van der Waals surface area contributed by atoms with Gasteiger partial charge in [-0.25, -0.2) is 17.7 Å². The number of halogens is 1.